The summed E-state index contributed by atoms with van der Waals surface area (Å²) in [5.41, 5.74) is -0.119. The van der Waals surface area contributed by atoms with Gasteiger partial charge in [0.2, 0.25) is 0 Å². The normalized spacial score (nSPS) is 24.1. The molecule has 0 N–H and O–H groups in total. The molecule has 2 aliphatic carbocycles. The summed E-state index contributed by atoms with van der Waals surface area (Å²) in [7, 11) is 0. The van der Waals surface area contributed by atoms with Crippen molar-refractivity contribution >= 4 is 5.97 Å². The van der Waals surface area contributed by atoms with Crippen LogP contribution in [0.1, 0.15) is 90.4 Å². The molecule has 0 aromatic heterocycles. The van der Waals surface area contributed by atoms with Gasteiger partial charge in [-0.25, -0.2) is 0 Å². The number of carbonyl (C=O) groups excluding carboxylic acids is 1. The molecule has 2 rings (SSSR count). The van der Waals surface area contributed by atoms with Crippen LogP contribution in [0.2, 0.25) is 0 Å². The van der Waals surface area contributed by atoms with Gasteiger partial charge in [-0.3, -0.25) is 4.79 Å². The summed E-state index contributed by atoms with van der Waals surface area (Å²) < 4.78 is 5.89. The van der Waals surface area contributed by atoms with Crippen molar-refractivity contribution in [2.45, 2.75) is 96.5 Å². The summed E-state index contributed by atoms with van der Waals surface area (Å²) in [5, 5.41) is 0. The van der Waals surface area contributed by atoms with Gasteiger partial charge in [-0.05, 0) is 44.9 Å². The summed E-state index contributed by atoms with van der Waals surface area (Å²) in [6.07, 6.45) is 15.4. The van der Waals surface area contributed by atoms with Crippen LogP contribution in [0.3, 0.4) is 0 Å². The van der Waals surface area contributed by atoms with E-state index in [0.717, 1.165) is 32.1 Å². The van der Waals surface area contributed by atoms with Crippen molar-refractivity contribution in [1.82, 2.24) is 0 Å². The number of unbranched alkanes of at least 4 members (excludes halogenated alkanes) is 1. The van der Waals surface area contributed by atoms with Gasteiger partial charge in [-0.2, -0.15) is 0 Å². The Morgan fingerprint density at radius 3 is 2.32 bits per heavy atom. The lowest BCUT2D eigenvalue weighted by Gasteiger charge is -2.36. The van der Waals surface area contributed by atoms with E-state index in [0.29, 0.717) is 0 Å². The van der Waals surface area contributed by atoms with E-state index >= 15 is 0 Å². The number of esters is 1. The molecule has 0 spiro atoms. The van der Waals surface area contributed by atoms with Gasteiger partial charge in [0.05, 0.1) is 5.41 Å². The molecular formula is C17H30O2. The third kappa shape index (κ3) is 3.97. The predicted octanol–water partition coefficient (Wildman–Crippen LogP) is 5.00. The second-order valence-corrected chi connectivity index (χ2v) is 6.61. The van der Waals surface area contributed by atoms with Crippen molar-refractivity contribution in [3.63, 3.8) is 0 Å². The topological polar surface area (TPSA) is 26.3 Å². The lowest BCUT2D eigenvalue weighted by atomic mass is 9.71. The van der Waals surface area contributed by atoms with Crippen LogP contribution in [0.4, 0.5) is 0 Å². The third-order valence-electron chi connectivity index (χ3n) is 5.08. The van der Waals surface area contributed by atoms with Crippen molar-refractivity contribution < 1.29 is 9.53 Å². The van der Waals surface area contributed by atoms with Crippen LogP contribution < -0.4 is 0 Å². The SMILES string of the molecule is CCCCC1(C(=O)OC2CCCCC2)CCCCC1. The Labute approximate surface area is 118 Å². The van der Waals surface area contributed by atoms with E-state index in [9.17, 15) is 4.79 Å². The molecule has 0 unspecified atom stereocenters. The first-order chi connectivity index (χ1) is 9.27. The monoisotopic (exact) mass is 266 g/mol. The minimum Gasteiger partial charge on any atom is -0.462 e. The van der Waals surface area contributed by atoms with Gasteiger partial charge in [0.1, 0.15) is 6.10 Å². The van der Waals surface area contributed by atoms with Gasteiger partial charge in [0.25, 0.3) is 0 Å². The van der Waals surface area contributed by atoms with Crippen molar-refractivity contribution in [3.8, 4) is 0 Å². The molecular weight excluding hydrogens is 236 g/mol. The molecule has 110 valence electrons. The second kappa shape index (κ2) is 7.31. The Balaban J connectivity index is 1.93. The van der Waals surface area contributed by atoms with Crippen LogP contribution in [0.15, 0.2) is 0 Å². The molecule has 0 amide bonds. The Morgan fingerprint density at radius 1 is 1.05 bits per heavy atom. The van der Waals surface area contributed by atoms with Gasteiger partial charge in [0, 0.05) is 0 Å². The molecule has 19 heavy (non-hydrogen) atoms. The highest BCUT2D eigenvalue weighted by molar-refractivity contribution is 5.77. The van der Waals surface area contributed by atoms with E-state index in [1.165, 1.54) is 51.4 Å². The second-order valence-electron chi connectivity index (χ2n) is 6.61. The molecule has 2 heteroatoms. The number of hydrogen-bond acceptors (Lipinski definition) is 2. The molecule has 0 bridgehead atoms. The zero-order valence-corrected chi connectivity index (χ0v) is 12.6. The predicted molar refractivity (Wildman–Crippen MR) is 78.0 cm³/mol. The Kier molecular flexibility index (Phi) is 5.72. The Bertz CT molecular complexity index is 273. The maximum absolute atomic E-state index is 12.7. The number of rotatable bonds is 5. The molecule has 0 aromatic carbocycles. The van der Waals surface area contributed by atoms with E-state index in [4.69, 9.17) is 4.74 Å². The quantitative estimate of drug-likeness (QED) is 0.654. The van der Waals surface area contributed by atoms with E-state index < -0.39 is 0 Å². The Morgan fingerprint density at radius 2 is 1.68 bits per heavy atom. The average molecular weight is 266 g/mol. The molecule has 2 aliphatic rings. The summed E-state index contributed by atoms with van der Waals surface area (Å²) >= 11 is 0. The molecule has 0 aromatic rings. The first-order valence-electron chi connectivity index (χ1n) is 8.48. The average Bonchev–Trinajstić information content (AvgIpc) is 2.47. The fraction of sp³-hybridized carbons (Fsp3) is 0.941. The maximum Gasteiger partial charge on any atom is 0.312 e. The summed E-state index contributed by atoms with van der Waals surface area (Å²) in [6.45, 7) is 2.21. The zero-order valence-electron chi connectivity index (χ0n) is 12.6. The van der Waals surface area contributed by atoms with Crippen LogP contribution >= 0.6 is 0 Å². The van der Waals surface area contributed by atoms with E-state index in [-0.39, 0.29) is 17.5 Å². The lowest BCUT2D eigenvalue weighted by molar-refractivity contribution is -0.166. The van der Waals surface area contributed by atoms with Crippen molar-refractivity contribution in [2.24, 2.45) is 5.41 Å². The molecule has 2 nitrogen and oxygen atoms in total. The number of ether oxygens (including phenoxy) is 1. The highest BCUT2D eigenvalue weighted by Gasteiger charge is 2.41. The molecule has 0 radical (unpaired) electrons. The largest absolute Gasteiger partial charge is 0.462 e. The zero-order chi connectivity index (χ0) is 13.6. The van der Waals surface area contributed by atoms with Crippen LogP contribution in [0.25, 0.3) is 0 Å². The first-order valence-corrected chi connectivity index (χ1v) is 8.48. The third-order valence-corrected chi connectivity index (χ3v) is 5.08. The van der Waals surface area contributed by atoms with E-state index in [1.807, 2.05) is 0 Å². The fourth-order valence-corrected chi connectivity index (χ4v) is 3.76. The van der Waals surface area contributed by atoms with E-state index in [2.05, 4.69) is 6.92 Å². The van der Waals surface area contributed by atoms with Gasteiger partial charge >= 0.3 is 5.97 Å². The van der Waals surface area contributed by atoms with Gasteiger partial charge in [-0.15, -0.1) is 0 Å². The minimum atomic E-state index is -0.119. The fourth-order valence-electron chi connectivity index (χ4n) is 3.76. The summed E-state index contributed by atoms with van der Waals surface area (Å²) in [5.74, 6) is 0.146. The van der Waals surface area contributed by atoms with Crippen LogP contribution in [0.5, 0.6) is 0 Å². The van der Waals surface area contributed by atoms with Crippen LogP contribution in [-0.2, 0) is 9.53 Å². The van der Waals surface area contributed by atoms with Gasteiger partial charge in [0.15, 0.2) is 0 Å². The van der Waals surface area contributed by atoms with Crippen LogP contribution in [-0.4, -0.2) is 12.1 Å². The molecule has 0 heterocycles. The Hall–Kier alpha value is -0.530. The highest BCUT2D eigenvalue weighted by atomic mass is 16.5. The minimum absolute atomic E-state index is 0.119. The van der Waals surface area contributed by atoms with Crippen molar-refractivity contribution in [1.29, 1.82) is 0 Å². The standard InChI is InChI=1S/C17H30O2/c1-2-3-12-17(13-8-5-9-14-17)16(18)19-15-10-6-4-7-11-15/h15H,2-14H2,1H3. The smallest absolute Gasteiger partial charge is 0.312 e. The number of hydrogen-bond donors (Lipinski definition) is 0. The lowest BCUT2D eigenvalue weighted by Crippen LogP contribution is -2.37. The summed E-state index contributed by atoms with van der Waals surface area (Å²) in [6, 6.07) is 0. The number of carbonyl (C=O) groups is 1. The molecule has 2 fully saturated rings. The first kappa shape index (κ1) is 14.9. The molecule has 2 saturated carbocycles. The maximum atomic E-state index is 12.7. The summed E-state index contributed by atoms with van der Waals surface area (Å²) in [4.78, 5) is 12.7. The molecule has 0 saturated heterocycles. The van der Waals surface area contributed by atoms with Crippen LogP contribution in [0, 0.1) is 5.41 Å². The van der Waals surface area contributed by atoms with Crippen molar-refractivity contribution in [3.05, 3.63) is 0 Å². The highest BCUT2D eigenvalue weighted by Crippen LogP contribution is 2.42. The van der Waals surface area contributed by atoms with Gasteiger partial charge in [-0.1, -0.05) is 45.4 Å². The van der Waals surface area contributed by atoms with Crippen molar-refractivity contribution in [2.75, 3.05) is 0 Å². The van der Waals surface area contributed by atoms with Gasteiger partial charge < -0.3 is 4.74 Å². The van der Waals surface area contributed by atoms with E-state index in [1.54, 1.807) is 0 Å². The molecule has 0 atom stereocenters. The molecule has 0 aliphatic heterocycles.